The third-order valence-electron chi connectivity index (χ3n) is 7.51. The number of likely N-dealkylation sites (tertiary alicyclic amines) is 1. The van der Waals surface area contributed by atoms with Crippen LogP contribution in [0.2, 0.25) is 0 Å². The SMILES string of the molecule is O=C(COc1ccc(Br)cc1C1c2sc(=O)[nH]c2SC2C(=O)N(c3ccc([N+](=O)[O-])cc3)C(=O)C21)N1CCCCC1. The minimum Gasteiger partial charge on any atom is -0.483 e. The molecule has 1 N–H and O–H groups in total. The molecule has 0 saturated carbocycles. The number of imide groups is 1. The van der Waals surface area contributed by atoms with Crippen LogP contribution in [0.25, 0.3) is 0 Å². The van der Waals surface area contributed by atoms with Crippen LogP contribution in [0.15, 0.2) is 56.8 Å². The lowest BCUT2D eigenvalue weighted by Crippen LogP contribution is -2.38. The van der Waals surface area contributed by atoms with Gasteiger partial charge < -0.3 is 14.6 Å². The highest BCUT2D eigenvalue weighted by Gasteiger charge is 2.57. The number of nitro groups is 1. The van der Waals surface area contributed by atoms with Crippen molar-refractivity contribution < 1.29 is 24.0 Å². The molecule has 3 aromatic rings. The lowest BCUT2D eigenvalue weighted by molar-refractivity contribution is -0.384. The van der Waals surface area contributed by atoms with Crippen LogP contribution in [0, 0.1) is 16.0 Å². The number of amides is 3. The Morgan fingerprint density at radius 3 is 2.51 bits per heavy atom. The van der Waals surface area contributed by atoms with Gasteiger partial charge in [0.15, 0.2) is 6.61 Å². The fourth-order valence-electron chi connectivity index (χ4n) is 5.60. The van der Waals surface area contributed by atoms with Gasteiger partial charge in [-0.2, -0.15) is 0 Å². The van der Waals surface area contributed by atoms with Crippen LogP contribution < -0.4 is 14.5 Å². The number of H-pyrrole nitrogens is 1. The maximum absolute atomic E-state index is 14.0. The summed E-state index contributed by atoms with van der Waals surface area (Å²) in [6.45, 7) is 1.20. The van der Waals surface area contributed by atoms with Gasteiger partial charge in [-0.15, -0.1) is 0 Å². The number of carbonyl (C=O) groups excluding carboxylic acids is 3. The van der Waals surface area contributed by atoms with Crippen LogP contribution in [-0.2, 0) is 14.4 Å². The number of halogens is 1. The molecule has 2 saturated heterocycles. The molecule has 3 aliphatic heterocycles. The summed E-state index contributed by atoms with van der Waals surface area (Å²) in [4.78, 5) is 69.5. The van der Waals surface area contributed by atoms with E-state index in [-0.39, 0.29) is 28.8 Å². The molecule has 3 amide bonds. The maximum atomic E-state index is 14.0. The Morgan fingerprint density at radius 2 is 1.80 bits per heavy atom. The number of aromatic nitrogens is 1. The van der Waals surface area contributed by atoms with Crippen molar-refractivity contribution in [1.82, 2.24) is 9.88 Å². The number of thioether (sulfide) groups is 1. The summed E-state index contributed by atoms with van der Waals surface area (Å²) in [7, 11) is 0. The Hall–Kier alpha value is -3.49. The number of fused-ring (bicyclic) bond motifs is 2. The predicted molar refractivity (Wildman–Crippen MR) is 156 cm³/mol. The molecule has 0 aliphatic carbocycles. The number of nitro benzene ring substituents is 1. The second-order valence-corrected chi connectivity index (χ2v) is 13.0. The highest BCUT2D eigenvalue weighted by Crippen LogP contribution is 2.54. The molecule has 11 nitrogen and oxygen atoms in total. The van der Waals surface area contributed by atoms with Crippen molar-refractivity contribution in [1.29, 1.82) is 0 Å². The smallest absolute Gasteiger partial charge is 0.305 e. The zero-order valence-electron chi connectivity index (χ0n) is 21.4. The molecule has 2 fully saturated rings. The quantitative estimate of drug-likeness (QED) is 0.235. The Labute approximate surface area is 250 Å². The first kappa shape index (κ1) is 27.7. The number of nitrogens with zero attached hydrogens (tertiary/aromatic N) is 3. The van der Waals surface area contributed by atoms with E-state index in [1.54, 1.807) is 23.1 Å². The average Bonchev–Trinajstić information content (AvgIpc) is 3.46. The molecule has 1 aromatic heterocycles. The highest BCUT2D eigenvalue weighted by atomic mass is 79.9. The van der Waals surface area contributed by atoms with Crippen LogP contribution in [0.3, 0.4) is 0 Å². The summed E-state index contributed by atoms with van der Waals surface area (Å²) in [6, 6.07) is 10.5. The topological polar surface area (TPSA) is 143 Å². The number of piperidine rings is 1. The zero-order chi connectivity index (χ0) is 28.8. The van der Waals surface area contributed by atoms with Gasteiger partial charge in [0.05, 0.1) is 21.6 Å². The van der Waals surface area contributed by atoms with E-state index in [0.29, 0.717) is 38.8 Å². The molecular formula is C27H23BrN4O7S2. The van der Waals surface area contributed by atoms with Gasteiger partial charge in [0.25, 0.3) is 11.6 Å². The second kappa shape index (κ2) is 11.1. The minimum absolute atomic E-state index is 0.126. The molecule has 0 spiro atoms. The summed E-state index contributed by atoms with van der Waals surface area (Å²) in [5.74, 6) is -2.28. The molecular weight excluding hydrogens is 636 g/mol. The lowest BCUT2D eigenvalue weighted by atomic mass is 9.82. The molecule has 41 heavy (non-hydrogen) atoms. The van der Waals surface area contributed by atoms with Crippen molar-refractivity contribution in [2.75, 3.05) is 24.6 Å². The number of non-ortho nitro benzene ring substituents is 1. The molecule has 6 rings (SSSR count). The van der Waals surface area contributed by atoms with Crippen LogP contribution in [0.1, 0.15) is 35.6 Å². The average molecular weight is 660 g/mol. The van der Waals surface area contributed by atoms with Crippen molar-refractivity contribution in [3.05, 3.63) is 77.2 Å². The Balaban J connectivity index is 1.38. The third kappa shape index (κ3) is 5.08. The van der Waals surface area contributed by atoms with Crippen molar-refractivity contribution in [2.45, 2.75) is 35.5 Å². The normalized spacial score (nSPS) is 21.9. The summed E-state index contributed by atoms with van der Waals surface area (Å²) in [5, 5.41) is 10.8. The maximum Gasteiger partial charge on any atom is 0.305 e. The molecule has 3 aliphatic rings. The van der Waals surface area contributed by atoms with E-state index in [0.717, 1.165) is 47.3 Å². The molecule has 0 bridgehead atoms. The van der Waals surface area contributed by atoms with Crippen LogP contribution in [0.5, 0.6) is 5.75 Å². The number of hydrogen-bond donors (Lipinski definition) is 1. The zero-order valence-corrected chi connectivity index (χ0v) is 24.6. The van der Waals surface area contributed by atoms with Crippen LogP contribution in [-0.4, -0.2) is 57.5 Å². The highest BCUT2D eigenvalue weighted by molar-refractivity contribution is 9.10. The largest absolute Gasteiger partial charge is 0.483 e. The van der Waals surface area contributed by atoms with Gasteiger partial charge in [-0.05, 0) is 49.6 Å². The molecule has 0 radical (unpaired) electrons. The molecule has 4 heterocycles. The number of thiazole rings is 1. The molecule has 2 aromatic carbocycles. The fourth-order valence-corrected chi connectivity index (χ4v) is 8.48. The van der Waals surface area contributed by atoms with Gasteiger partial charge >= 0.3 is 4.87 Å². The van der Waals surface area contributed by atoms with Gasteiger partial charge in [-0.3, -0.25) is 29.3 Å². The first-order valence-corrected chi connectivity index (χ1v) is 15.4. The van der Waals surface area contributed by atoms with Crippen molar-refractivity contribution in [2.24, 2.45) is 5.92 Å². The first-order valence-electron chi connectivity index (χ1n) is 12.9. The molecule has 212 valence electrons. The number of ether oxygens (including phenoxy) is 1. The van der Waals surface area contributed by atoms with Crippen molar-refractivity contribution in [3.8, 4) is 5.75 Å². The number of nitrogens with one attached hydrogen (secondary N) is 1. The summed E-state index contributed by atoms with van der Waals surface area (Å²) < 4.78 is 6.76. The van der Waals surface area contributed by atoms with Gasteiger partial charge in [-0.25, -0.2) is 4.90 Å². The number of aromatic amines is 1. The van der Waals surface area contributed by atoms with E-state index in [9.17, 15) is 29.3 Å². The van der Waals surface area contributed by atoms with Gasteiger partial charge in [-0.1, -0.05) is 39.0 Å². The number of hydrogen-bond acceptors (Lipinski definition) is 9. The van der Waals surface area contributed by atoms with E-state index in [2.05, 4.69) is 20.9 Å². The molecule has 3 unspecified atom stereocenters. The second-order valence-electron chi connectivity index (χ2n) is 9.95. The van der Waals surface area contributed by atoms with Crippen molar-refractivity contribution >= 4 is 68.1 Å². The third-order valence-corrected chi connectivity index (χ3v) is 10.4. The number of anilines is 1. The van der Waals surface area contributed by atoms with Crippen LogP contribution >= 0.6 is 39.0 Å². The summed E-state index contributed by atoms with van der Waals surface area (Å²) in [6.07, 6.45) is 3.00. The van der Waals surface area contributed by atoms with E-state index in [1.165, 1.54) is 24.3 Å². The summed E-state index contributed by atoms with van der Waals surface area (Å²) in [5.41, 5.74) is 0.644. The monoisotopic (exact) mass is 658 g/mol. The Kier molecular flexibility index (Phi) is 7.47. The molecule has 14 heteroatoms. The van der Waals surface area contributed by atoms with E-state index < -0.39 is 33.8 Å². The van der Waals surface area contributed by atoms with E-state index in [1.807, 2.05) is 0 Å². The standard InChI is InChI=1S/C27H23BrN4O7S2/c28-14-4-9-18(39-13-19(33)30-10-2-1-3-11-30)17(12-14)20-21-23(40-24-22(20)41-27(36)29-24)26(35)31(25(21)34)15-5-7-16(8-6-15)32(37)38/h4-9,12,20-21,23H,1-3,10-11,13H2,(H,29,36). The minimum atomic E-state index is -0.879. The van der Waals surface area contributed by atoms with Gasteiger partial charge in [0.2, 0.25) is 11.8 Å². The first-order chi connectivity index (χ1) is 19.7. The fraction of sp³-hybridized carbons (Fsp3) is 0.333. The predicted octanol–water partition coefficient (Wildman–Crippen LogP) is 4.29. The van der Waals surface area contributed by atoms with E-state index >= 15 is 0 Å². The number of carbonyl (C=O) groups is 3. The van der Waals surface area contributed by atoms with E-state index in [4.69, 9.17) is 4.74 Å². The molecule has 3 atom stereocenters. The Bertz CT molecular complexity index is 1620. The van der Waals surface area contributed by atoms with Gasteiger partial charge in [0, 0.05) is 46.1 Å². The van der Waals surface area contributed by atoms with Gasteiger partial charge in [0.1, 0.15) is 11.0 Å². The Morgan fingerprint density at radius 1 is 1.07 bits per heavy atom. The number of benzene rings is 2. The number of rotatable bonds is 6. The van der Waals surface area contributed by atoms with Crippen molar-refractivity contribution in [3.63, 3.8) is 0 Å². The lowest BCUT2D eigenvalue weighted by Gasteiger charge is -2.31. The van der Waals surface area contributed by atoms with Crippen LogP contribution in [0.4, 0.5) is 11.4 Å². The summed E-state index contributed by atoms with van der Waals surface area (Å²) >= 11 is 5.61.